The van der Waals surface area contributed by atoms with E-state index in [9.17, 15) is 4.79 Å². The number of rotatable bonds is 3. The van der Waals surface area contributed by atoms with Crippen molar-refractivity contribution in [1.29, 1.82) is 0 Å². The van der Waals surface area contributed by atoms with Crippen LogP contribution < -0.4 is 10.1 Å². The summed E-state index contributed by atoms with van der Waals surface area (Å²) in [6.45, 7) is 10.5. The van der Waals surface area contributed by atoms with E-state index in [0.29, 0.717) is 5.56 Å². The van der Waals surface area contributed by atoms with Crippen molar-refractivity contribution in [2.24, 2.45) is 0 Å². The van der Waals surface area contributed by atoms with Crippen LogP contribution >= 0.6 is 0 Å². The molecule has 0 aliphatic carbocycles. The van der Waals surface area contributed by atoms with E-state index in [-0.39, 0.29) is 17.6 Å². The van der Waals surface area contributed by atoms with Gasteiger partial charge < -0.3 is 15.0 Å². The number of nitrogens with one attached hydrogen (secondary N) is 1. The molecule has 110 valence electrons. The first-order chi connectivity index (χ1) is 9.37. The standard InChI is InChI=1S/C16H24N2O2/c1-12(2)20-14-7-5-6-13(10-14)15(19)18-9-8-17-16(3,4)11-18/h5-7,10,12,17H,8-9,11H2,1-4H3. The molecule has 0 spiro atoms. The van der Waals surface area contributed by atoms with Crippen LogP contribution in [0.4, 0.5) is 0 Å². The predicted molar refractivity (Wildman–Crippen MR) is 80.2 cm³/mol. The van der Waals surface area contributed by atoms with Gasteiger partial charge in [-0.05, 0) is 45.9 Å². The Morgan fingerprint density at radius 3 is 2.80 bits per heavy atom. The first kappa shape index (κ1) is 14.9. The summed E-state index contributed by atoms with van der Waals surface area (Å²) in [4.78, 5) is 14.5. The van der Waals surface area contributed by atoms with Gasteiger partial charge in [-0.3, -0.25) is 4.79 Å². The van der Waals surface area contributed by atoms with Gasteiger partial charge in [-0.1, -0.05) is 6.07 Å². The van der Waals surface area contributed by atoms with Crippen molar-refractivity contribution in [2.75, 3.05) is 19.6 Å². The van der Waals surface area contributed by atoms with E-state index in [1.54, 1.807) is 0 Å². The lowest BCUT2D eigenvalue weighted by molar-refractivity contribution is 0.0651. The molecule has 0 bridgehead atoms. The van der Waals surface area contributed by atoms with E-state index in [2.05, 4.69) is 19.2 Å². The molecule has 0 atom stereocenters. The minimum absolute atomic E-state index is 0.0278. The Kier molecular flexibility index (Phi) is 4.33. The molecule has 0 radical (unpaired) electrons. The van der Waals surface area contributed by atoms with Gasteiger partial charge in [0.1, 0.15) is 5.75 Å². The summed E-state index contributed by atoms with van der Waals surface area (Å²) in [6, 6.07) is 7.44. The molecule has 1 aromatic carbocycles. The maximum absolute atomic E-state index is 12.6. The van der Waals surface area contributed by atoms with E-state index < -0.39 is 0 Å². The SMILES string of the molecule is CC(C)Oc1cccc(C(=O)N2CCNC(C)(C)C2)c1. The van der Waals surface area contributed by atoms with Crippen LogP contribution in [-0.4, -0.2) is 42.1 Å². The summed E-state index contributed by atoms with van der Waals surface area (Å²) in [5.74, 6) is 0.828. The second kappa shape index (κ2) is 5.83. The molecule has 4 nitrogen and oxygen atoms in total. The Morgan fingerprint density at radius 1 is 1.40 bits per heavy atom. The highest BCUT2D eigenvalue weighted by molar-refractivity contribution is 5.94. The number of amides is 1. The Labute approximate surface area is 121 Å². The van der Waals surface area contributed by atoms with Crippen LogP contribution in [0, 0.1) is 0 Å². The van der Waals surface area contributed by atoms with Gasteiger partial charge in [0, 0.05) is 30.7 Å². The quantitative estimate of drug-likeness (QED) is 0.921. The molecule has 1 saturated heterocycles. The summed E-state index contributed by atoms with van der Waals surface area (Å²) in [6.07, 6.45) is 0.110. The van der Waals surface area contributed by atoms with Crippen molar-refractivity contribution in [3.8, 4) is 5.75 Å². The van der Waals surface area contributed by atoms with Gasteiger partial charge in [-0.2, -0.15) is 0 Å². The summed E-state index contributed by atoms with van der Waals surface area (Å²) in [5.41, 5.74) is 0.667. The van der Waals surface area contributed by atoms with Gasteiger partial charge in [0.25, 0.3) is 5.91 Å². The van der Waals surface area contributed by atoms with Crippen LogP contribution in [0.15, 0.2) is 24.3 Å². The van der Waals surface area contributed by atoms with Crippen LogP contribution in [0.2, 0.25) is 0 Å². The second-order valence-electron chi connectivity index (χ2n) is 6.23. The smallest absolute Gasteiger partial charge is 0.254 e. The Morgan fingerprint density at radius 2 is 2.15 bits per heavy atom. The monoisotopic (exact) mass is 276 g/mol. The summed E-state index contributed by atoms with van der Waals surface area (Å²) in [7, 11) is 0. The maximum atomic E-state index is 12.6. The lowest BCUT2D eigenvalue weighted by Gasteiger charge is -2.39. The van der Waals surface area contributed by atoms with Crippen molar-refractivity contribution in [2.45, 2.75) is 39.3 Å². The molecule has 1 heterocycles. The van der Waals surface area contributed by atoms with Crippen LogP contribution in [0.1, 0.15) is 38.1 Å². The number of nitrogens with zero attached hydrogens (tertiary/aromatic N) is 1. The van der Waals surface area contributed by atoms with Crippen molar-refractivity contribution >= 4 is 5.91 Å². The normalized spacial score (nSPS) is 18.1. The lowest BCUT2D eigenvalue weighted by atomic mass is 10.0. The third-order valence-corrected chi connectivity index (χ3v) is 3.31. The highest BCUT2D eigenvalue weighted by Gasteiger charge is 2.29. The van der Waals surface area contributed by atoms with E-state index >= 15 is 0 Å². The molecule has 1 fully saturated rings. The first-order valence-electron chi connectivity index (χ1n) is 7.18. The average Bonchev–Trinajstić information content (AvgIpc) is 2.36. The molecule has 1 aromatic rings. The van der Waals surface area contributed by atoms with Crippen LogP contribution in [0.3, 0.4) is 0 Å². The molecular weight excluding hydrogens is 252 g/mol. The van der Waals surface area contributed by atoms with E-state index in [1.807, 2.05) is 43.0 Å². The van der Waals surface area contributed by atoms with E-state index in [0.717, 1.165) is 25.4 Å². The first-order valence-corrected chi connectivity index (χ1v) is 7.18. The number of benzene rings is 1. The Balaban J connectivity index is 2.12. The van der Waals surface area contributed by atoms with E-state index in [4.69, 9.17) is 4.74 Å². The maximum Gasteiger partial charge on any atom is 0.254 e. The van der Waals surface area contributed by atoms with Crippen molar-refractivity contribution < 1.29 is 9.53 Å². The lowest BCUT2D eigenvalue weighted by Crippen LogP contribution is -2.58. The van der Waals surface area contributed by atoms with Gasteiger partial charge in [-0.25, -0.2) is 0 Å². The van der Waals surface area contributed by atoms with Crippen LogP contribution in [-0.2, 0) is 0 Å². The Bertz CT molecular complexity index is 483. The van der Waals surface area contributed by atoms with Crippen molar-refractivity contribution in [3.63, 3.8) is 0 Å². The number of ether oxygens (including phenoxy) is 1. The fraction of sp³-hybridized carbons (Fsp3) is 0.562. The predicted octanol–water partition coefficient (Wildman–Crippen LogP) is 2.30. The average molecular weight is 276 g/mol. The molecule has 0 unspecified atom stereocenters. The van der Waals surface area contributed by atoms with Gasteiger partial charge in [-0.15, -0.1) is 0 Å². The molecule has 0 aromatic heterocycles. The molecule has 2 rings (SSSR count). The zero-order valence-electron chi connectivity index (χ0n) is 12.8. The zero-order chi connectivity index (χ0) is 14.8. The van der Waals surface area contributed by atoms with Crippen LogP contribution in [0.5, 0.6) is 5.75 Å². The van der Waals surface area contributed by atoms with Crippen molar-refractivity contribution in [3.05, 3.63) is 29.8 Å². The van der Waals surface area contributed by atoms with Crippen molar-refractivity contribution in [1.82, 2.24) is 10.2 Å². The minimum atomic E-state index is -0.0278. The van der Waals surface area contributed by atoms with Gasteiger partial charge >= 0.3 is 0 Å². The molecule has 20 heavy (non-hydrogen) atoms. The third-order valence-electron chi connectivity index (χ3n) is 3.31. The number of hydrogen-bond donors (Lipinski definition) is 1. The largest absolute Gasteiger partial charge is 0.491 e. The molecule has 1 N–H and O–H groups in total. The van der Waals surface area contributed by atoms with Gasteiger partial charge in [0.05, 0.1) is 6.10 Å². The Hall–Kier alpha value is -1.55. The van der Waals surface area contributed by atoms with Crippen LogP contribution in [0.25, 0.3) is 0 Å². The van der Waals surface area contributed by atoms with E-state index in [1.165, 1.54) is 0 Å². The number of hydrogen-bond acceptors (Lipinski definition) is 3. The molecular formula is C16H24N2O2. The molecule has 1 aliphatic heterocycles. The number of carbonyl (C=O) groups excluding carboxylic acids is 1. The number of carbonyl (C=O) groups is 1. The molecule has 0 saturated carbocycles. The molecule has 1 amide bonds. The summed E-state index contributed by atoms with van der Waals surface area (Å²) in [5, 5.41) is 3.41. The minimum Gasteiger partial charge on any atom is -0.491 e. The fourth-order valence-corrected chi connectivity index (χ4v) is 2.47. The number of piperazine rings is 1. The second-order valence-corrected chi connectivity index (χ2v) is 6.23. The summed E-state index contributed by atoms with van der Waals surface area (Å²) < 4.78 is 5.65. The highest BCUT2D eigenvalue weighted by atomic mass is 16.5. The topological polar surface area (TPSA) is 41.6 Å². The van der Waals surface area contributed by atoms with Gasteiger partial charge in [0.15, 0.2) is 0 Å². The highest BCUT2D eigenvalue weighted by Crippen LogP contribution is 2.18. The fourth-order valence-electron chi connectivity index (χ4n) is 2.47. The molecule has 4 heteroatoms. The zero-order valence-corrected chi connectivity index (χ0v) is 12.8. The third kappa shape index (κ3) is 3.73. The molecule has 1 aliphatic rings. The summed E-state index contributed by atoms with van der Waals surface area (Å²) >= 11 is 0. The van der Waals surface area contributed by atoms with Gasteiger partial charge in [0.2, 0.25) is 0 Å².